The summed E-state index contributed by atoms with van der Waals surface area (Å²) in [6.07, 6.45) is 13.5. The van der Waals surface area contributed by atoms with Crippen molar-refractivity contribution < 1.29 is 14.6 Å². The van der Waals surface area contributed by atoms with Gasteiger partial charge in [0.25, 0.3) is 0 Å². The largest absolute Gasteiger partial charge is 0.508 e. The van der Waals surface area contributed by atoms with E-state index < -0.39 is 0 Å². The highest BCUT2D eigenvalue weighted by Gasteiger charge is 2.44. The Morgan fingerprint density at radius 2 is 2.14 bits per heavy atom. The van der Waals surface area contributed by atoms with E-state index in [1.807, 2.05) is 24.3 Å². The Morgan fingerprint density at radius 1 is 1.25 bits per heavy atom. The van der Waals surface area contributed by atoms with E-state index in [0.29, 0.717) is 23.8 Å². The van der Waals surface area contributed by atoms with E-state index in [1.165, 1.54) is 5.57 Å². The molecule has 5 unspecified atom stereocenters. The van der Waals surface area contributed by atoms with Crippen molar-refractivity contribution in [1.82, 2.24) is 5.32 Å². The highest BCUT2D eigenvalue weighted by atomic mass is 16.5. The first-order valence-corrected chi connectivity index (χ1v) is 10.1. The third kappa shape index (κ3) is 3.04. The number of para-hydroxylation sites is 1. The summed E-state index contributed by atoms with van der Waals surface area (Å²) in [5.41, 5.74) is 2.99. The number of aliphatic imine (C=N–C) groups is 1. The lowest BCUT2D eigenvalue weighted by Crippen LogP contribution is -2.30. The summed E-state index contributed by atoms with van der Waals surface area (Å²) in [7, 11) is 1.63. The number of nitrogens with one attached hydrogen (secondary N) is 1. The van der Waals surface area contributed by atoms with Gasteiger partial charge in [-0.3, -0.25) is 0 Å². The Morgan fingerprint density at radius 3 is 3.00 bits per heavy atom. The number of rotatable bonds is 2. The molecule has 146 valence electrons. The van der Waals surface area contributed by atoms with Crippen LogP contribution in [0.15, 0.2) is 64.8 Å². The fraction of sp³-hybridized carbons (Fsp3) is 0.435. The summed E-state index contributed by atoms with van der Waals surface area (Å²) < 4.78 is 11.8. The molecule has 2 aliphatic heterocycles. The third-order valence-electron chi connectivity index (χ3n) is 6.37. The van der Waals surface area contributed by atoms with Crippen molar-refractivity contribution in [2.24, 2.45) is 16.8 Å². The van der Waals surface area contributed by atoms with Gasteiger partial charge in [0, 0.05) is 23.3 Å². The molecule has 1 saturated heterocycles. The van der Waals surface area contributed by atoms with Gasteiger partial charge in [0.2, 0.25) is 5.90 Å². The molecule has 0 bridgehead atoms. The molecule has 1 fully saturated rings. The molecule has 0 saturated carbocycles. The number of ether oxygens (including phenoxy) is 2. The number of hydrogen-bond acceptors (Lipinski definition) is 5. The molecule has 4 aliphatic rings. The van der Waals surface area contributed by atoms with Crippen LogP contribution in [0.3, 0.4) is 0 Å². The Kier molecular flexibility index (Phi) is 4.47. The molecule has 5 rings (SSSR count). The molecular weight excluding hydrogens is 352 g/mol. The zero-order valence-corrected chi connectivity index (χ0v) is 16.0. The van der Waals surface area contributed by atoms with E-state index in [9.17, 15) is 5.11 Å². The predicted octanol–water partition coefficient (Wildman–Crippen LogP) is 3.99. The van der Waals surface area contributed by atoms with Crippen molar-refractivity contribution in [1.29, 1.82) is 0 Å². The van der Waals surface area contributed by atoms with Gasteiger partial charge in [0.05, 0.1) is 19.3 Å². The predicted molar refractivity (Wildman–Crippen MR) is 108 cm³/mol. The van der Waals surface area contributed by atoms with Gasteiger partial charge in [0.15, 0.2) is 6.17 Å². The SMILES string of the molecule is COC1=NC(c2ccccc2O)NC(C2=CC3OC4CCC=CC4C3CC2)=C1. The molecular formula is C23H26N2O3. The van der Waals surface area contributed by atoms with Crippen molar-refractivity contribution in [3.63, 3.8) is 0 Å². The van der Waals surface area contributed by atoms with Crippen LogP contribution in [0.25, 0.3) is 0 Å². The normalized spacial score (nSPS) is 33.8. The van der Waals surface area contributed by atoms with Crippen molar-refractivity contribution in [2.45, 2.75) is 44.1 Å². The van der Waals surface area contributed by atoms with Crippen molar-refractivity contribution >= 4 is 5.90 Å². The number of benzene rings is 1. The monoisotopic (exact) mass is 378 g/mol. The first-order valence-electron chi connectivity index (χ1n) is 10.1. The molecule has 5 heteroatoms. The second-order valence-electron chi connectivity index (χ2n) is 7.95. The van der Waals surface area contributed by atoms with Crippen LogP contribution in [0.2, 0.25) is 0 Å². The summed E-state index contributed by atoms with van der Waals surface area (Å²) in [4.78, 5) is 4.58. The second kappa shape index (κ2) is 7.13. The van der Waals surface area contributed by atoms with Gasteiger partial charge < -0.3 is 19.9 Å². The Bertz CT molecular complexity index is 886. The maximum atomic E-state index is 10.2. The van der Waals surface area contributed by atoms with Crippen LogP contribution in [0.4, 0.5) is 0 Å². The van der Waals surface area contributed by atoms with Crippen LogP contribution in [-0.4, -0.2) is 30.3 Å². The number of hydrogen-bond donors (Lipinski definition) is 2. The quantitative estimate of drug-likeness (QED) is 0.764. The fourth-order valence-electron chi connectivity index (χ4n) is 4.95. The maximum absolute atomic E-state index is 10.2. The van der Waals surface area contributed by atoms with Gasteiger partial charge in [-0.25, -0.2) is 4.99 Å². The highest BCUT2D eigenvalue weighted by Crippen LogP contribution is 2.45. The molecule has 0 aromatic heterocycles. The first-order chi connectivity index (χ1) is 13.7. The Balaban J connectivity index is 1.42. The summed E-state index contributed by atoms with van der Waals surface area (Å²) >= 11 is 0. The van der Waals surface area contributed by atoms with Gasteiger partial charge in [-0.2, -0.15) is 0 Å². The number of aromatic hydroxyl groups is 1. The van der Waals surface area contributed by atoms with E-state index in [1.54, 1.807) is 13.2 Å². The van der Waals surface area contributed by atoms with Crippen LogP contribution in [0.1, 0.15) is 37.4 Å². The van der Waals surface area contributed by atoms with Crippen molar-refractivity contribution in [3.8, 4) is 5.75 Å². The van der Waals surface area contributed by atoms with Crippen LogP contribution in [0.5, 0.6) is 5.75 Å². The summed E-state index contributed by atoms with van der Waals surface area (Å²) in [5, 5.41) is 13.7. The van der Waals surface area contributed by atoms with Gasteiger partial charge >= 0.3 is 0 Å². The minimum Gasteiger partial charge on any atom is -0.508 e. The van der Waals surface area contributed by atoms with Crippen molar-refractivity contribution in [3.05, 3.63) is 65.4 Å². The summed E-state index contributed by atoms with van der Waals surface area (Å²) in [6.45, 7) is 0. The molecule has 5 nitrogen and oxygen atoms in total. The second-order valence-corrected chi connectivity index (χ2v) is 7.95. The molecule has 0 radical (unpaired) electrons. The molecule has 5 atom stereocenters. The molecule has 28 heavy (non-hydrogen) atoms. The standard InChI is InChI=1S/C23H26N2O3/c1-27-22-13-18(24-23(25-22)17-7-2-4-8-19(17)26)14-10-11-16-15-6-3-5-9-20(15)28-21(16)12-14/h2-4,6-8,12-13,15-16,20-21,23-24,26H,5,9-11H2,1H3. The summed E-state index contributed by atoms with van der Waals surface area (Å²) in [5.74, 6) is 1.94. The van der Waals surface area contributed by atoms with E-state index in [2.05, 4.69) is 28.5 Å². The zero-order chi connectivity index (χ0) is 19.1. The van der Waals surface area contributed by atoms with Crippen molar-refractivity contribution in [2.75, 3.05) is 7.11 Å². The van der Waals surface area contributed by atoms with Gasteiger partial charge in [-0.1, -0.05) is 36.4 Å². The molecule has 2 N–H and O–H groups in total. The van der Waals surface area contributed by atoms with Gasteiger partial charge in [0.1, 0.15) is 5.75 Å². The van der Waals surface area contributed by atoms with E-state index in [0.717, 1.165) is 36.9 Å². The van der Waals surface area contributed by atoms with E-state index >= 15 is 0 Å². The van der Waals surface area contributed by atoms with Gasteiger partial charge in [-0.05, 0) is 43.2 Å². The number of nitrogens with zero attached hydrogens (tertiary/aromatic N) is 1. The highest BCUT2D eigenvalue weighted by molar-refractivity contribution is 5.90. The lowest BCUT2D eigenvalue weighted by Gasteiger charge is -2.30. The molecule has 2 aliphatic carbocycles. The number of fused-ring (bicyclic) bond motifs is 3. The average Bonchev–Trinajstić information content (AvgIpc) is 3.11. The van der Waals surface area contributed by atoms with Crippen LogP contribution >= 0.6 is 0 Å². The summed E-state index contributed by atoms with van der Waals surface area (Å²) in [6, 6.07) is 7.29. The molecule has 1 aromatic carbocycles. The van der Waals surface area contributed by atoms with Crippen LogP contribution < -0.4 is 5.32 Å². The van der Waals surface area contributed by atoms with Crippen LogP contribution in [-0.2, 0) is 9.47 Å². The smallest absolute Gasteiger partial charge is 0.212 e. The number of phenolic OH excluding ortho intramolecular Hbond substituents is 1. The molecule has 0 amide bonds. The Hall–Kier alpha value is -2.53. The average molecular weight is 378 g/mol. The van der Waals surface area contributed by atoms with E-state index in [-0.39, 0.29) is 18.0 Å². The maximum Gasteiger partial charge on any atom is 0.212 e. The Labute approximate surface area is 165 Å². The molecule has 2 heterocycles. The minimum atomic E-state index is -0.371. The number of allylic oxidation sites excluding steroid dienone is 2. The lowest BCUT2D eigenvalue weighted by atomic mass is 9.76. The minimum absolute atomic E-state index is 0.178. The number of phenols is 1. The van der Waals surface area contributed by atoms with E-state index in [4.69, 9.17) is 9.47 Å². The molecule has 0 spiro atoms. The lowest BCUT2D eigenvalue weighted by molar-refractivity contribution is 0.0489. The zero-order valence-electron chi connectivity index (χ0n) is 16.0. The first kappa shape index (κ1) is 17.6. The molecule has 1 aromatic rings. The fourth-order valence-corrected chi connectivity index (χ4v) is 4.95. The topological polar surface area (TPSA) is 63.1 Å². The third-order valence-corrected chi connectivity index (χ3v) is 6.37. The van der Waals surface area contributed by atoms with Crippen LogP contribution in [0, 0.1) is 11.8 Å². The van der Waals surface area contributed by atoms with Gasteiger partial charge in [-0.15, -0.1) is 0 Å². The number of methoxy groups -OCH3 is 1.